The molecule has 1 unspecified atom stereocenters. The first-order valence-corrected chi connectivity index (χ1v) is 6.99. The number of carboxylic acids is 1. The fourth-order valence-corrected chi connectivity index (χ4v) is 3.47. The largest absolute Gasteiger partial charge is 1.00 e. The zero-order valence-corrected chi connectivity index (χ0v) is 15.0. The standard InChI is InChI=1S/C11H14N2O7S.Na/c1-3-19-11(18)12-20-10-6(9(16)17)13-7(15)5(4(2)14)8(13)21-10;/h4-5,8,14H,3H2,1-2H3,(H,12,18)(H,16,17);/q;+1/p-1/t4-,5?,8-;/m1./s1. The maximum atomic E-state index is 11.8. The first kappa shape index (κ1) is 19.1. The molecule has 0 aromatic rings. The van der Waals surface area contributed by atoms with Gasteiger partial charge in [-0.15, -0.1) is 0 Å². The monoisotopic (exact) mass is 340 g/mol. The Hall–Kier alpha value is -0.940. The number of hydroxylamine groups is 1. The minimum absolute atomic E-state index is 0. The maximum Gasteiger partial charge on any atom is 1.00 e. The molecule has 3 atom stereocenters. The molecule has 0 radical (unpaired) electrons. The third kappa shape index (κ3) is 3.35. The summed E-state index contributed by atoms with van der Waals surface area (Å²) >= 11 is 0.909. The summed E-state index contributed by atoms with van der Waals surface area (Å²) in [7, 11) is 0. The molecular formula is C11H13N2NaO7S. The molecule has 11 heteroatoms. The van der Waals surface area contributed by atoms with Gasteiger partial charge in [-0.05, 0) is 13.8 Å². The van der Waals surface area contributed by atoms with E-state index in [-0.39, 0.29) is 41.3 Å². The smallest absolute Gasteiger partial charge is 0.543 e. The maximum absolute atomic E-state index is 11.8. The van der Waals surface area contributed by atoms with Gasteiger partial charge >= 0.3 is 35.7 Å². The molecule has 9 nitrogen and oxygen atoms in total. The predicted octanol–water partition coefficient (Wildman–Crippen LogP) is -4.50. The summed E-state index contributed by atoms with van der Waals surface area (Å²) < 4.78 is 4.56. The van der Waals surface area contributed by atoms with E-state index in [1.165, 1.54) is 6.92 Å². The second-order valence-electron chi connectivity index (χ2n) is 4.33. The molecule has 0 bridgehead atoms. The fraction of sp³-hybridized carbons (Fsp3) is 0.545. The number of thioether (sulfide) groups is 1. The van der Waals surface area contributed by atoms with Gasteiger partial charge in [0.25, 0.3) is 0 Å². The molecule has 2 heterocycles. The fourth-order valence-electron chi connectivity index (χ4n) is 2.06. The molecule has 0 aromatic heterocycles. The number of hydrogen-bond donors (Lipinski definition) is 2. The number of nitrogens with zero attached hydrogens (tertiary/aromatic N) is 1. The van der Waals surface area contributed by atoms with Gasteiger partial charge in [0.05, 0.1) is 24.6 Å². The Morgan fingerprint density at radius 2 is 2.18 bits per heavy atom. The van der Waals surface area contributed by atoms with Crippen LogP contribution < -0.4 is 40.1 Å². The van der Waals surface area contributed by atoms with Gasteiger partial charge in [-0.1, -0.05) is 11.8 Å². The van der Waals surface area contributed by atoms with Gasteiger partial charge < -0.3 is 24.6 Å². The van der Waals surface area contributed by atoms with Crippen LogP contribution in [0.3, 0.4) is 0 Å². The number of hydrogen-bond acceptors (Lipinski definition) is 8. The molecule has 0 aliphatic carbocycles. The Labute approximate surface area is 152 Å². The van der Waals surface area contributed by atoms with Gasteiger partial charge in [0.1, 0.15) is 11.1 Å². The van der Waals surface area contributed by atoms with Crippen LogP contribution in [0.4, 0.5) is 4.79 Å². The minimum atomic E-state index is -1.61. The molecule has 2 rings (SSSR count). The molecule has 0 saturated carbocycles. The SMILES string of the molecule is CCOC(=O)NOC1=C(C(=O)[O-])N2C(=O)C([C@@H](C)O)[C@H]2S1.[Na+]. The van der Waals surface area contributed by atoms with Gasteiger partial charge in [-0.25, -0.2) is 4.79 Å². The van der Waals surface area contributed by atoms with E-state index in [0.717, 1.165) is 16.7 Å². The normalized spacial score (nSPS) is 24.0. The second kappa shape index (κ2) is 7.55. The van der Waals surface area contributed by atoms with E-state index in [1.54, 1.807) is 6.92 Å². The summed E-state index contributed by atoms with van der Waals surface area (Å²) in [5.74, 6) is -2.87. The van der Waals surface area contributed by atoms with Gasteiger partial charge in [0, 0.05) is 0 Å². The van der Waals surface area contributed by atoms with Crippen molar-refractivity contribution in [1.29, 1.82) is 0 Å². The van der Waals surface area contributed by atoms with Crippen molar-refractivity contribution in [2.24, 2.45) is 5.92 Å². The van der Waals surface area contributed by atoms with Crippen molar-refractivity contribution in [3.05, 3.63) is 10.8 Å². The van der Waals surface area contributed by atoms with Crippen LogP contribution in [-0.2, 0) is 19.2 Å². The van der Waals surface area contributed by atoms with Crippen molar-refractivity contribution in [3.63, 3.8) is 0 Å². The predicted molar refractivity (Wildman–Crippen MR) is 66.7 cm³/mol. The van der Waals surface area contributed by atoms with Crippen LogP contribution in [0.2, 0.25) is 0 Å². The van der Waals surface area contributed by atoms with Crippen LogP contribution >= 0.6 is 11.8 Å². The van der Waals surface area contributed by atoms with Crippen LogP contribution in [-0.4, -0.2) is 46.1 Å². The summed E-state index contributed by atoms with van der Waals surface area (Å²) in [5.41, 5.74) is 1.44. The molecule has 116 valence electrons. The van der Waals surface area contributed by atoms with E-state index in [9.17, 15) is 24.6 Å². The Balaban J connectivity index is 0.00000242. The number of aliphatic carboxylic acids is 1. The number of nitrogens with one attached hydrogen (secondary N) is 1. The van der Waals surface area contributed by atoms with E-state index < -0.39 is 41.1 Å². The number of carbonyl (C=O) groups excluding carboxylic acids is 3. The number of fused-ring (bicyclic) bond motifs is 1. The topological polar surface area (TPSA) is 128 Å². The Morgan fingerprint density at radius 1 is 1.55 bits per heavy atom. The van der Waals surface area contributed by atoms with E-state index >= 15 is 0 Å². The quantitative estimate of drug-likeness (QED) is 0.291. The molecule has 0 aromatic carbocycles. The van der Waals surface area contributed by atoms with Crippen LogP contribution in [0.15, 0.2) is 10.8 Å². The van der Waals surface area contributed by atoms with Crippen LogP contribution in [0, 0.1) is 5.92 Å². The minimum Gasteiger partial charge on any atom is -0.543 e. The van der Waals surface area contributed by atoms with Crippen LogP contribution in [0.5, 0.6) is 0 Å². The van der Waals surface area contributed by atoms with E-state index in [4.69, 9.17) is 4.84 Å². The van der Waals surface area contributed by atoms with E-state index in [0.29, 0.717) is 0 Å². The van der Waals surface area contributed by atoms with Crippen molar-refractivity contribution < 1.29 is 63.7 Å². The van der Waals surface area contributed by atoms with Crippen molar-refractivity contribution in [2.75, 3.05) is 6.61 Å². The summed E-state index contributed by atoms with van der Waals surface area (Å²) in [6, 6.07) is 0. The molecule has 1 saturated heterocycles. The number of carbonyl (C=O) groups is 3. The van der Waals surface area contributed by atoms with Crippen molar-refractivity contribution in [2.45, 2.75) is 25.3 Å². The third-order valence-electron chi connectivity index (χ3n) is 2.96. The molecule has 2 aliphatic rings. The molecular weight excluding hydrogens is 327 g/mol. The van der Waals surface area contributed by atoms with E-state index in [1.807, 2.05) is 5.48 Å². The Morgan fingerprint density at radius 3 is 2.68 bits per heavy atom. The molecule has 2 N–H and O–H groups in total. The second-order valence-corrected chi connectivity index (χ2v) is 5.42. The van der Waals surface area contributed by atoms with Crippen LogP contribution in [0.25, 0.3) is 0 Å². The number of carboxylic acid groups (broad SMARTS) is 1. The van der Waals surface area contributed by atoms with Gasteiger partial charge in [0.15, 0.2) is 0 Å². The average Bonchev–Trinajstić information content (AvgIpc) is 2.70. The van der Waals surface area contributed by atoms with Gasteiger partial charge in [-0.2, -0.15) is 5.48 Å². The number of amides is 2. The molecule has 22 heavy (non-hydrogen) atoms. The van der Waals surface area contributed by atoms with Crippen molar-refractivity contribution in [3.8, 4) is 0 Å². The Kier molecular flexibility index (Phi) is 6.56. The number of ether oxygens (including phenoxy) is 1. The first-order valence-electron chi connectivity index (χ1n) is 6.11. The van der Waals surface area contributed by atoms with Crippen LogP contribution in [0.1, 0.15) is 13.8 Å². The third-order valence-corrected chi connectivity index (χ3v) is 4.20. The zero-order valence-electron chi connectivity index (χ0n) is 12.2. The number of rotatable bonds is 5. The van der Waals surface area contributed by atoms with E-state index in [2.05, 4.69) is 4.74 Å². The number of β-lactam (4-membered cyclic amide) rings is 1. The molecule has 2 aliphatic heterocycles. The number of aliphatic hydroxyl groups excluding tert-OH is 1. The average molecular weight is 340 g/mol. The number of aliphatic hydroxyl groups is 1. The summed E-state index contributed by atoms with van der Waals surface area (Å²) in [4.78, 5) is 39.9. The van der Waals surface area contributed by atoms with Crippen molar-refractivity contribution in [1.82, 2.24) is 10.4 Å². The zero-order chi connectivity index (χ0) is 15.7. The summed E-state index contributed by atoms with van der Waals surface area (Å²) in [5, 5.41) is 19.9. The first-order chi connectivity index (χ1) is 9.88. The Bertz CT molecular complexity index is 525. The van der Waals surface area contributed by atoms with Crippen molar-refractivity contribution >= 4 is 29.7 Å². The molecule has 1 fully saturated rings. The molecule has 0 spiro atoms. The van der Waals surface area contributed by atoms with Gasteiger partial charge in [-0.3, -0.25) is 9.69 Å². The summed E-state index contributed by atoms with van der Waals surface area (Å²) in [6.45, 7) is 3.15. The molecule has 2 amide bonds. The van der Waals surface area contributed by atoms with Gasteiger partial charge in [0.2, 0.25) is 11.0 Å². The summed E-state index contributed by atoms with van der Waals surface area (Å²) in [6.07, 6.45) is -1.82.